The number of aryl methyl sites for hydroxylation is 1. The second-order valence-electron chi connectivity index (χ2n) is 4.11. The van der Waals surface area contributed by atoms with Gasteiger partial charge in [0.15, 0.2) is 0 Å². The quantitative estimate of drug-likeness (QED) is 0.828. The molecule has 0 radical (unpaired) electrons. The molecule has 0 bridgehead atoms. The molecule has 17 heavy (non-hydrogen) atoms. The van der Waals surface area contributed by atoms with Crippen LogP contribution in [0.4, 0.5) is 5.00 Å². The number of thiophene rings is 1. The van der Waals surface area contributed by atoms with E-state index >= 15 is 0 Å². The van der Waals surface area contributed by atoms with Gasteiger partial charge in [0, 0.05) is 9.90 Å². The third kappa shape index (κ3) is 3.02. The van der Waals surface area contributed by atoms with Crippen LogP contribution in [0.15, 0.2) is 30.3 Å². The molecule has 2 aromatic rings. The molecule has 0 fully saturated rings. The number of nitrogens with two attached hydrogens (primary N) is 1. The fourth-order valence-corrected chi connectivity index (χ4v) is 2.86. The lowest BCUT2D eigenvalue weighted by atomic mass is 10.0. The van der Waals surface area contributed by atoms with Crippen molar-refractivity contribution in [1.29, 1.82) is 0 Å². The lowest BCUT2D eigenvalue weighted by Crippen LogP contribution is -1.89. The fourth-order valence-electron chi connectivity index (χ4n) is 1.86. The van der Waals surface area contributed by atoms with Crippen LogP contribution in [-0.2, 0) is 6.42 Å². The van der Waals surface area contributed by atoms with Crippen molar-refractivity contribution < 1.29 is 0 Å². The molecule has 0 aliphatic rings. The van der Waals surface area contributed by atoms with Gasteiger partial charge in [0.2, 0.25) is 0 Å². The minimum absolute atomic E-state index is 0.784. The monoisotopic (exact) mass is 265 g/mol. The van der Waals surface area contributed by atoms with E-state index in [1.165, 1.54) is 28.8 Å². The number of anilines is 1. The normalized spacial score (nSPS) is 10.7. The fraction of sp³-hybridized carbons (Fsp3) is 0.286. The smallest absolute Gasteiger partial charge is 0.0862 e. The number of halogens is 1. The first-order chi connectivity index (χ1) is 8.20. The van der Waals surface area contributed by atoms with E-state index in [2.05, 4.69) is 19.1 Å². The van der Waals surface area contributed by atoms with E-state index in [0.29, 0.717) is 0 Å². The van der Waals surface area contributed by atoms with Gasteiger partial charge in [0.25, 0.3) is 0 Å². The minimum Gasteiger partial charge on any atom is -0.391 e. The summed E-state index contributed by atoms with van der Waals surface area (Å²) in [4.78, 5) is 1.20. The zero-order chi connectivity index (χ0) is 12.3. The first kappa shape index (κ1) is 12.5. The average Bonchev–Trinajstić information content (AvgIpc) is 2.74. The summed E-state index contributed by atoms with van der Waals surface area (Å²) in [5.74, 6) is 0. The van der Waals surface area contributed by atoms with Gasteiger partial charge in [-0.15, -0.1) is 11.3 Å². The molecule has 1 aromatic heterocycles. The maximum Gasteiger partial charge on any atom is 0.0862 e. The lowest BCUT2D eigenvalue weighted by Gasteiger charge is -2.08. The van der Waals surface area contributed by atoms with Gasteiger partial charge in [-0.25, -0.2) is 0 Å². The van der Waals surface area contributed by atoms with Gasteiger partial charge in [0.1, 0.15) is 0 Å². The number of unbranched alkanes of at least 4 members (excludes halogenated alkanes) is 1. The predicted octanol–water partition coefficient (Wildman–Crippen LogP) is 4.99. The summed E-state index contributed by atoms with van der Waals surface area (Å²) >= 11 is 7.70. The molecule has 1 aromatic carbocycles. The molecular weight excluding hydrogens is 250 g/mol. The third-order valence-corrected chi connectivity index (χ3v) is 3.95. The van der Waals surface area contributed by atoms with Crippen LogP contribution >= 0.6 is 22.9 Å². The van der Waals surface area contributed by atoms with Crippen molar-refractivity contribution >= 4 is 27.9 Å². The van der Waals surface area contributed by atoms with Crippen LogP contribution in [0.25, 0.3) is 10.4 Å². The summed E-state index contributed by atoms with van der Waals surface area (Å²) in [6, 6.07) is 10.2. The highest BCUT2D eigenvalue weighted by Gasteiger charge is 2.08. The number of hydrogen-bond donors (Lipinski definition) is 1. The molecular formula is C14H16ClNS. The van der Waals surface area contributed by atoms with Crippen molar-refractivity contribution in [3.05, 3.63) is 40.9 Å². The zero-order valence-corrected chi connectivity index (χ0v) is 11.4. The van der Waals surface area contributed by atoms with Crippen LogP contribution in [-0.4, -0.2) is 0 Å². The summed E-state index contributed by atoms with van der Waals surface area (Å²) < 4.78 is 0. The average molecular weight is 266 g/mol. The molecule has 0 aliphatic heterocycles. The molecule has 0 spiro atoms. The Balaban J connectivity index is 2.39. The van der Waals surface area contributed by atoms with Crippen LogP contribution in [0.1, 0.15) is 25.3 Å². The Labute approximate surface area is 111 Å². The predicted molar refractivity (Wildman–Crippen MR) is 77.8 cm³/mol. The van der Waals surface area contributed by atoms with E-state index in [1.807, 2.05) is 18.2 Å². The Morgan fingerprint density at radius 2 is 2.06 bits per heavy atom. The Kier molecular flexibility index (Phi) is 4.08. The van der Waals surface area contributed by atoms with E-state index in [0.717, 1.165) is 16.4 Å². The van der Waals surface area contributed by atoms with Crippen LogP contribution in [0.5, 0.6) is 0 Å². The highest BCUT2D eigenvalue weighted by molar-refractivity contribution is 7.19. The Hall–Kier alpha value is -0.990. The maximum atomic E-state index is 6.08. The van der Waals surface area contributed by atoms with E-state index in [4.69, 9.17) is 17.3 Å². The van der Waals surface area contributed by atoms with E-state index in [9.17, 15) is 0 Å². The van der Waals surface area contributed by atoms with Crippen molar-refractivity contribution in [3.63, 3.8) is 0 Å². The van der Waals surface area contributed by atoms with Gasteiger partial charge in [0.05, 0.1) is 5.00 Å². The van der Waals surface area contributed by atoms with Crippen molar-refractivity contribution in [2.75, 3.05) is 5.73 Å². The summed E-state index contributed by atoms with van der Waals surface area (Å²) in [5.41, 5.74) is 8.38. The molecule has 0 saturated carbocycles. The molecule has 2 rings (SSSR count). The van der Waals surface area contributed by atoms with Crippen LogP contribution in [0, 0.1) is 0 Å². The summed E-state index contributed by atoms with van der Waals surface area (Å²) in [6.45, 7) is 2.21. The van der Waals surface area contributed by atoms with Gasteiger partial charge < -0.3 is 5.73 Å². The zero-order valence-electron chi connectivity index (χ0n) is 9.87. The second kappa shape index (κ2) is 5.56. The van der Waals surface area contributed by atoms with Crippen molar-refractivity contribution in [3.8, 4) is 10.4 Å². The topological polar surface area (TPSA) is 26.0 Å². The van der Waals surface area contributed by atoms with Crippen molar-refractivity contribution in [2.45, 2.75) is 26.2 Å². The Morgan fingerprint density at radius 3 is 2.71 bits per heavy atom. The van der Waals surface area contributed by atoms with E-state index in [1.54, 1.807) is 11.3 Å². The standard InChI is InChI=1S/C14H16ClNS/c1-2-3-4-10-5-6-11(15)9-12(10)13-7-8-14(16)17-13/h5-9H,2-4,16H2,1H3. The summed E-state index contributed by atoms with van der Waals surface area (Å²) in [6.07, 6.45) is 3.50. The minimum atomic E-state index is 0.784. The van der Waals surface area contributed by atoms with Gasteiger partial charge in [-0.05, 0) is 48.2 Å². The maximum absolute atomic E-state index is 6.08. The molecule has 0 saturated heterocycles. The second-order valence-corrected chi connectivity index (χ2v) is 5.66. The first-order valence-electron chi connectivity index (χ1n) is 5.85. The third-order valence-electron chi connectivity index (χ3n) is 2.76. The summed E-state index contributed by atoms with van der Waals surface area (Å²) in [5, 5.41) is 1.63. The SMILES string of the molecule is CCCCc1ccc(Cl)cc1-c1ccc(N)s1. The highest BCUT2D eigenvalue weighted by Crippen LogP contribution is 2.34. The molecule has 0 atom stereocenters. The summed E-state index contributed by atoms with van der Waals surface area (Å²) in [7, 11) is 0. The molecule has 1 heterocycles. The highest BCUT2D eigenvalue weighted by atomic mass is 35.5. The molecule has 90 valence electrons. The van der Waals surface area contributed by atoms with Gasteiger partial charge in [-0.2, -0.15) is 0 Å². The molecule has 0 unspecified atom stereocenters. The Morgan fingerprint density at radius 1 is 1.24 bits per heavy atom. The lowest BCUT2D eigenvalue weighted by molar-refractivity contribution is 0.796. The number of nitrogen functional groups attached to an aromatic ring is 1. The molecule has 3 heteroatoms. The van der Waals surface area contributed by atoms with Crippen LogP contribution < -0.4 is 5.73 Å². The number of hydrogen-bond acceptors (Lipinski definition) is 2. The van der Waals surface area contributed by atoms with E-state index in [-0.39, 0.29) is 0 Å². The van der Waals surface area contributed by atoms with Crippen molar-refractivity contribution in [2.24, 2.45) is 0 Å². The van der Waals surface area contributed by atoms with Crippen LogP contribution in [0.3, 0.4) is 0 Å². The molecule has 0 amide bonds. The Bertz CT molecular complexity index is 505. The molecule has 1 nitrogen and oxygen atoms in total. The largest absolute Gasteiger partial charge is 0.391 e. The van der Waals surface area contributed by atoms with Gasteiger partial charge >= 0.3 is 0 Å². The molecule has 2 N–H and O–H groups in total. The van der Waals surface area contributed by atoms with Gasteiger partial charge in [-0.1, -0.05) is 31.0 Å². The van der Waals surface area contributed by atoms with Crippen LogP contribution in [0.2, 0.25) is 5.02 Å². The first-order valence-corrected chi connectivity index (χ1v) is 7.04. The number of rotatable bonds is 4. The van der Waals surface area contributed by atoms with E-state index < -0.39 is 0 Å². The van der Waals surface area contributed by atoms with Crippen molar-refractivity contribution in [1.82, 2.24) is 0 Å². The van der Waals surface area contributed by atoms with Gasteiger partial charge in [-0.3, -0.25) is 0 Å². The molecule has 0 aliphatic carbocycles. The number of benzene rings is 1.